The second kappa shape index (κ2) is 10.4. The predicted molar refractivity (Wildman–Crippen MR) is 106 cm³/mol. The average molecular weight is 387 g/mol. The first-order chi connectivity index (χ1) is 11.6. The summed E-state index contributed by atoms with van der Waals surface area (Å²) in [5, 5.41) is 3.86. The van der Waals surface area contributed by atoms with Crippen LogP contribution < -0.4 is 4.83 Å². The molecule has 2 rings (SSSR count). The molecule has 1 aliphatic heterocycles. The van der Waals surface area contributed by atoms with Crippen molar-refractivity contribution in [1.82, 2.24) is 4.83 Å². The van der Waals surface area contributed by atoms with Gasteiger partial charge in [0.1, 0.15) is 0 Å². The molecule has 1 N–H and O–H groups in total. The van der Waals surface area contributed by atoms with E-state index in [2.05, 4.69) is 33.5 Å². The van der Waals surface area contributed by atoms with Gasteiger partial charge in [0.2, 0.25) is 0 Å². The highest BCUT2D eigenvalue weighted by molar-refractivity contribution is 8.17. The third-order valence-electron chi connectivity index (χ3n) is 3.76. The zero-order chi connectivity index (χ0) is 17.3. The third kappa shape index (κ3) is 7.07. The molecule has 0 aromatic heterocycles. The van der Waals surface area contributed by atoms with Crippen LogP contribution >= 0.6 is 23.5 Å². The maximum absolute atomic E-state index is 12.0. The van der Waals surface area contributed by atoms with Crippen LogP contribution in [0.1, 0.15) is 44.1 Å². The molecule has 0 bridgehead atoms. The van der Waals surface area contributed by atoms with E-state index in [4.69, 9.17) is 0 Å². The third-order valence-corrected chi connectivity index (χ3v) is 8.08. The van der Waals surface area contributed by atoms with Crippen molar-refractivity contribution in [3.8, 4) is 0 Å². The lowest BCUT2D eigenvalue weighted by atomic mass is 10.2. The van der Waals surface area contributed by atoms with E-state index in [0.717, 1.165) is 23.0 Å². The van der Waals surface area contributed by atoms with Crippen molar-refractivity contribution in [2.24, 2.45) is 5.10 Å². The first-order valence-corrected chi connectivity index (χ1v) is 12.0. The Kier molecular flexibility index (Phi) is 8.49. The molecule has 0 atom stereocenters. The zero-order valence-corrected chi connectivity index (χ0v) is 16.6. The summed E-state index contributed by atoms with van der Waals surface area (Å²) in [6.07, 6.45) is 8.57. The topological polar surface area (TPSA) is 58.5 Å². The van der Waals surface area contributed by atoms with Gasteiger partial charge in [0.05, 0.1) is 9.48 Å². The minimum atomic E-state index is -3.54. The Labute approximate surface area is 154 Å². The van der Waals surface area contributed by atoms with Crippen molar-refractivity contribution in [1.29, 1.82) is 0 Å². The van der Waals surface area contributed by atoms with Crippen LogP contribution in [0.2, 0.25) is 0 Å². The summed E-state index contributed by atoms with van der Waals surface area (Å²) in [7, 11) is -3.54. The predicted octanol–water partition coefficient (Wildman–Crippen LogP) is 4.41. The Morgan fingerprint density at radius 3 is 2.58 bits per heavy atom. The number of hydrogen-bond acceptors (Lipinski definition) is 5. The van der Waals surface area contributed by atoms with Crippen LogP contribution in [0.25, 0.3) is 0 Å². The summed E-state index contributed by atoms with van der Waals surface area (Å²) in [6, 6.07) is 6.74. The van der Waals surface area contributed by atoms with Crippen molar-refractivity contribution in [2.45, 2.75) is 54.9 Å². The lowest BCUT2D eigenvalue weighted by Crippen LogP contribution is -2.18. The van der Waals surface area contributed by atoms with Gasteiger partial charge in [-0.15, -0.1) is 23.5 Å². The standard InChI is InChI=1S/C17H26N2O2S3/c1-15-8-10-16(11-9-15)24(20,21)19-18-12-5-3-2-4-7-17-22-13-6-14-23-17/h8-12,17,19H,2-7,13-14H2,1H3/b18-12+. The normalized spacial score (nSPS) is 16.5. The second-order valence-corrected chi connectivity index (χ2v) is 10.5. The maximum Gasteiger partial charge on any atom is 0.276 e. The van der Waals surface area contributed by atoms with E-state index >= 15 is 0 Å². The van der Waals surface area contributed by atoms with Crippen molar-refractivity contribution < 1.29 is 8.42 Å². The molecule has 0 spiro atoms. The number of nitrogens with zero attached hydrogens (tertiary/aromatic N) is 1. The first kappa shape index (κ1) is 19.7. The summed E-state index contributed by atoms with van der Waals surface area (Å²) in [6.45, 7) is 1.92. The fourth-order valence-electron chi connectivity index (χ4n) is 2.37. The molecule has 0 unspecified atom stereocenters. The summed E-state index contributed by atoms with van der Waals surface area (Å²) in [4.78, 5) is 2.52. The Morgan fingerprint density at radius 1 is 1.17 bits per heavy atom. The average Bonchev–Trinajstić information content (AvgIpc) is 2.58. The van der Waals surface area contributed by atoms with Crippen LogP contribution in [-0.4, -0.2) is 30.7 Å². The van der Waals surface area contributed by atoms with Crippen LogP contribution in [0.5, 0.6) is 0 Å². The molecule has 1 saturated heterocycles. The fraction of sp³-hybridized carbons (Fsp3) is 0.588. The van der Waals surface area contributed by atoms with Crippen molar-refractivity contribution >= 4 is 39.8 Å². The molecule has 1 fully saturated rings. The van der Waals surface area contributed by atoms with E-state index in [9.17, 15) is 8.42 Å². The molecular formula is C17H26N2O2S3. The number of aryl methyl sites for hydroxylation is 1. The van der Waals surface area contributed by atoms with Crippen molar-refractivity contribution in [3.63, 3.8) is 0 Å². The van der Waals surface area contributed by atoms with E-state index in [1.807, 2.05) is 6.92 Å². The first-order valence-electron chi connectivity index (χ1n) is 8.41. The number of hydrazone groups is 1. The highest BCUT2D eigenvalue weighted by Gasteiger charge is 2.13. The largest absolute Gasteiger partial charge is 0.276 e. The van der Waals surface area contributed by atoms with Gasteiger partial charge in [0.25, 0.3) is 10.0 Å². The minimum Gasteiger partial charge on any atom is -0.200 e. The van der Waals surface area contributed by atoms with Crippen LogP contribution in [0.4, 0.5) is 0 Å². The van der Waals surface area contributed by atoms with Gasteiger partial charge < -0.3 is 0 Å². The number of nitrogens with one attached hydrogen (secondary N) is 1. The second-order valence-electron chi connectivity index (χ2n) is 5.88. The minimum absolute atomic E-state index is 0.243. The highest BCUT2D eigenvalue weighted by Crippen LogP contribution is 2.33. The molecule has 1 aromatic rings. The maximum atomic E-state index is 12.0. The van der Waals surface area contributed by atoms with E-state index in [1.165, 1.54) is 37.2 Å². The van der Waals surface area contributed by atoms with E-state index in [0.29, 0.717) is 0 Å². The molecule has 0 radical (unpaired) electrons. The number of hydrogen-bond donors (Lipinski definition) is 1. The number of benzene rings is 1. The number of unbranched alkanes of at least 4 members (excludes halogenated alkanes) is 3. The Hall–Kier alpha value is -0.660. The van der Waals surface area contributed by atoms with Crippen LogP contribution in [0.3, 0.4) is 0 Å². The van der Waals surface area contributed by atoms with Gasteiger partial charge in [-0.05, 0) is 56.2 Å². The Morgan fingerprint density at radius 2 is 1.88 bits per heavy atom. The van der Waals surface area contributed by atoms with Gasteiger partial charge in [-0.25, -0.2) is 4.83 Å². The number of sulfonamides is 1. The van der Waals surface area contributed by atoms with Crippen molar-refractivity contribution in [3.05, 3.63) is 29.8 Å². The molecule has 0 aliphatic carbocycles. The van der Waals surface area contributed by atoms with Gasteiger partial charge in [-0.2, -0.15) is 13.5 Å². The summed E-state index contributed by atoms with van der Waals surface area (Å²) in [5.41, 5.74) is 1.03. The van der Waals surface area contributed by atoms with E-state index in [-0.39, 0.29) is 4.90 Å². The van der Waals surface area contributed by atoms with Gasteiger partial charge in [-0.3, -0.25) is 0 Å². The van der Waals surface area contributed by atoms with Crippen LogP contribution in [0.15, 0.2) is 34.3 Å². The molecule has 1 heterocycles. The van der Waals surface area contributed by atoms with Gasteiger partial charge in [0, 0.05) is 6.21 Å². The SMILES string of the molecule is Cc1ccc(S(=O)(=O)N/N=C/CCCCCC2SCCCS2)cc1. The highest BCUT2D eigenvalue weighted by atomic mass is 32.2. The van der Waals surface area contributed by atoms with E-state index in [1.54, 1.807) is 30.5 Å². The molecule has 0 amide bonds. The van der Waals surface area contributed by atoms with Gasteiger partial charge in [0.15, 0.2) is 0 Å². The number of thioether (sulfide) groups is 2. The lowest BCUT2D eigenvalue weighted by molar-refractivity contribution is 0.584. The molecule has 1 aliphatic rings. The molecule has 24 heavy (non-hydrogen) atoms. The summed E-state index contributed by atoms with van der Waals surface area (Å²) < 4.78 is 24.8. The monoisotopic (exact) mass is 386 g/mol. The Balaban J connectivity index is 1.59. The molecule has 4 nitrogen and oxygen atoms in total. The summed E-state index contributed by atoms with van der Waals surface area (Å²) in [5.74, 6) is 2.62. The smallest absolute Gasteiger partial charge is 0.200 e. The van der Waals surface area contributed by atoms with Gasteiger partial charge in [-0.1, -0.05) is 30.5 Å². The summed E-state index contributed by atoms with van der Waals surface area (Å²) >= 11 is 4.19. The quantitative estimate of drug-likeness (QED) is 0.388. The van der Waals surface area contributed by atoms with Crippen molar-refractivity contribution in [2.75, 3.05) is 11.5 Å². The van der Waals surface area contributed by atoms with Crippen LogP contribution in [0, 0.1) is 6.92 Å². The fourth-order valence-corrected chi connectivity index (χ4v) is 6.14. The Bertz CT molecular complexity index is 609. The van der Waals surface area contributed by atoms with E-state index < -0.39 is 10.0 Å². The van der Waals surface area contributed by atoms with Gasteiger partial charge >= 0.3 is 0 Å². The molecule has 0 saturated carbocycles. The zero-order valence-electron chi connectivity index (χ0n) is 14.1. The molecule has 134 valence electrons. The lowest BCUT2D eigenvalue weighted by Gasteiger charge is -2.20. The molecular weight excluding hydrogens is 360 g/mol. The molecule has 7 heteroatoms. The number of rotatable bonds is 9. The molecule has 1 aromatic carbocycles. The van der Waals surface area contributed by atoms with Crippen LogP contribution in [-0.2, 0) is 10.0 Å².